The van der Waals surface area contributed by atoms with Gasteiger partial charge in [0.1, 0.15) is 5.82 Å². The number of carbonyl (C=O) groups excluding carboxylic acids is 2. The lowest BCUT2D eigenvalue weighted by Crippen LogP contribution is -2.33. The number of halogens is 2. The van der Waals surface area contributed by atoms with Gasteiger partial charge in [-0.3, -0.25) is 9.59 Å². The maximum Gasteiger partial charge on any atom is 0.227 e. The Labute approximate surface area is 170 Å². The molecule has 0 radical (unpaired) electrons. The molecule has 1 aliphatic rings. The van der Waals surface area contributed by atoms with Crippen LogP contribution in [-0.2, 0) is 16.1 Å². The molecule has 29 heavy (non-hydrogen) atoms. The third-order valence-corrected chi connectivity index (χ3v) is 4.91. The van der Waals surface area contributed by atoms with Crippen LogP contribution in [0, 0.1) is 11.7 Å². The Morgan fingerprint density at radius 3 is 2.55 bits per heavy atom. The van der Waals surface area contributed by atoms with Crippen LogP contribution >= 0.6 is 11.6 Å². The maximum absolute atomic E-state index is 13.1. The molecule has 1 atom stereocenters. The Kier molecular flexibility index (Phi) is 5.22. The molecule has 0 unspecified atom stereocenters. The molecule has 148 valence electrons. The van der Waals surface area contributed by atoms with Crippen molar-refractivity contribution in [2.45, 2.75) is 13.0 Å². The second kappa shape index (κ2) is 7.96. The number of amides is 2. The molecule has 2 heterocycles. The lowest BCUT2D eigenvalue weighted by molar-refractivity contribution is -0.126. The van der Waals surface area contributed by atoms with E-state index in [0.717, 1.165) is 0 Å². The highest BCUT2D eigenvalue weighted by Gasteiger charge is 2.35. The first-order valence-corrected chi connectivity index (χ1v) is 9.26. The van der Waals surface area contributed by atoms with Crippen LogP contribution < -0.4 is 10.2 Å². The summed E-state index contributed by atoms with van der Waals surface area (Å²) in [6, 6.07) is 12.6. The number of aromatic nitrogens is 4. The number of hydrogen-bond acceptors (Lipinski definition) is 5. The van der Waals surface area contributed by atoms with Crippen molar-refractivity contribution in [1.29, 1.82) is 0 Å². The van der Waals surface area contributed by atoms with E-state index in [1.807, 2.05) is 0 Å². The number of tetrazole rings is 1. The fourth-order valence-electron chi connectivity index (χ4n) is 3.16. The lowest BCUT2D eigenvalue weighted by atomic mass is 10.1. The standard InChI is InChI=1S/C19H16ClFN6O2/c20-13-1-5-15(6-2-13)26-11-12(9-18(26)28)19(29)22-10-17-23-24-25-27(17)16-7-3-14(21)4-8-16/h1-8,12H,9-11H2,(H,22,29)/t12-/m0/s1. The monoisotopic (exact) mass is 414 g/mol. The Morgan fingerprint density at radius 1 is 1.14 bits per heavy atom. The highest BCUT2D eigenvalue weighted by Crippen LogP contribution is 2.26. The van der Waals surface area contributed by atoms with Crippen LogP contribution in [0.15, 0.2) is 48.5 Å². The molecule has 2 aromatic carbocycles. The van der Waals surface area contributed by atoms with E-state index >= 15 is 0 Å². The number of benzene rings is 2. The summed E-state index contributed by atoms with van der Waals surface area (Å²) in [7, 11) is 0. The van der Waals surface area contributed by atoms with Gasteiger partial charge in [0.2, 0.25) is 11.8 Å². The molecule has 1 N–H and O–H groups in total. The molecule has 0 bridgehead atoms. The number of anilines is 1. The van der Waals surface area contributed by atoms with Crippen LogP contribution in [0.5, 0.6) is 0 Å². The van der Waals surface area contributed by atoms with Gasteiger partial charge in [-0.2, -0.15) is 4.68 Å². The topological polar surface area (TPSA) is 93.0 Å². The summed E-state index contributed by atoms with van der Waals surface area (Å²) in [5, 5.41) is 14.7. The van der Waals surface area contributed by atoms with Crippen LogP contribution in [0.2, 0.25) is 5.02 Å². The fraction of sp³-hybridized carbons (Fsp3) is 0.211. The Morgan fingerprint density at radius 2 is 1.83 bits per heavy atom. The Bertz CT molecular complexity index is 1040. The molecule has 2 amide bonds. The van der Waals surface area contributed by atoms with E-state index in [1.54, 1.807) is 29.2 Å². The first-order chi connectivity index (χ1) is 14.0. The summed E-state index contributed by atoms with van der Waals surface area (Å²) in [5.74, 6) is -0.836. The van der Waals surface area contributed by atoms with Crippen LogP contribution in [0.4, 0.5) is 10.1 Å². The second-order valence-electron chi connectivity index (χ2n) is 6.58. The minimum atomic E-state index is -0.478. The van der Waals surface area contributed by atoms with Crippen molar-refractivity contribution < 1.29 is 14.0 Å². The molecule has 10 heteroatoms. The number of carbonyl (C=O) groups is 2. The van der Waals surface area contributed by atoms with Crippen LogP contribution in [-0.4, -0.2) is 38.6 Å². The lowest BCUT2D eigenvalue weighted by Gasteiger charge is -2.16. The van der Waals surface area contributed by atoms with Crippen molar-refractivity contribution in [3.63, 3.8) is 0 Å². The molecule has 4 rings (SSSR count). The summed E-state index contributed by atoms with van der Waals surface area (Å²) >= 11 is 5.88. The molecule has 3 aromatic rings. The molecular formula is C19H16ClFN6O2. The van der Waals surface area contributed by atoms with E-state index < -0.39 is 5.92 Å². The van der Waals surface area contributed by atoms with Gasteiger partial charge in [0, 0.05) is 23.7 Å². The summed E-state index contributed by atoms with van der Waals surface area (Å²) in [4.78, 5) is 26.5. The van der Waals surface area contributed by atoms with Crippen LogP contribution in [0.25, 0.3) is 5.69 Å². The van der Waals surface area contributed by atoms with Gasteiger partial charge >= 0.3 is 0 Å². The van der Waals surface area contributed by atoms with Gasteiger partial charge in [-0.25, -0.2) is 4.39 Å². The van der Waals surface area contributed by atoms with E-state index in [9.17, 15) is 14.0 Å². The largest absolute Gasteiger partial charge is 0.348 e. The van der Waals surface area contributed by atoms with Gasteiger partial charge in [0.25, 0.3) is 0 Å². The normalized spacial score (nSPS) is 16.3. The molecule has 0 saturated carbocycles. The van der Waals surface area contributed by atoms with Gasteiger partial charge in [0.05, 0.1) is 18.2 Å². The van der Waals surface area contributed by atoms with E-state index in [0.29, 0.717) is 22.2 Å². The quantitative estimate of drug-likeness (QED) is 0.690. The number of nitrogens with zero attached hydrogens (tertiary/aromatic N) is 5. The van der Waals surface area contributed by atoms with E-state index in [2.05, 4.69) is 20.8 Å². The smallest absolute Gasteiger partial charge is 0.227 e. The van der Waals surface area contributed by atoms with E-state index in [4.69, 9.17) is 11.6 Å². The zero-order valence-corrected chi connectivity index (χ0v) is 15.9. The van der Waals surface area contributed by atoms with Crippen molar-refractivity contribution in [3.05, 3.63) is 65.2 Å². The van der Waals surface area contributed by atoms with Crippen molar-refractivity contribution in [2.24, 2.45) is 5.92 Å². The zero-order valence-electron chi connectivity index (χ0n) is 15.1. The van der Waals surface area contributed by atoms with Gasteiger partial charge < -0.3 is 10.2 Å². The van der Waals surface area contributed by atoms with Crippen LogP contribution in [0.1, 0.15) is 12.2 Å². The fourth-order valence-corrected chi connectivity index (χ4v) is 3.29. The Balaban J connectivity index is 1.40. The maximum atomic E-state index is 13.1. The van der Waals surface area contributed by atoms with Crippen molar-refractivity contribution in [1.82, 2.24) is 25.5 Å². The molecule has 0 aliphatic carbocycles. The third kappa shape index (κ3) is 4.09. The van der Waals surface area contributed by atoms with Crippen molar-refractivity contribution in [3.8, 4) is 5.69 Å². The van der Waals surface area contributed by atoms with Crippen molar-refractivity contribution >= 4 is 29.1 Å². The van der Waals surface area contributed by atoms with Crippen molar-refractivity contribution in [2.75, 3.05) is 11.4 Å². The molecule has 8 nitrogen and oxygen atoms in total. The predicted octanol–water partition coefficient (Wildman–Crippen LogP) is 2.12. The van der Waals surface area contributed by atoms with Gasteiger partial charge in [-0.05, 0) is 59.0 Å². The van der Waals surface area contributed by atoms with Gasteiger partial charge in [0.15, 0.2) is 5.82 Å². The summed E-state index contributed by atoms with van der Waals surface area (Å²) in [6.45, 7) is 0.365. The van der Waals surface area contributed by atoms with Gasteiger partial charge in [-0.1, -0.05) is 11.6 Å². The van der Waals surface area contributed by atoms with Gasteiger partial charge in [-0.15, -0.1) is 5.10 Å². The molecule has 1 fully saturated rings. The summed E-state index contributed by atoms with van der Waals surface area (Å²) < 4.78 is 14.5. The highest BCUT2D eigenvalue weighted by atomic mass is 35.5. The summed E-state index contributed by atoms with van der Waals surface area (Å²) in [6.07, 6.45) is 0.122. The predicted molar refractivity (Wildman–Crippen MR) is 103 cm³/mol. The van der Waals surface area contributed by atoms with E-state index in [-0.39, 0.29) is 37.1 Å². The average molecular weight is 415 g/mol. The Hall–Kier alpha value is -3.33. The summed E-state index contributed by atoms with van der Waals surface area (Å²) in [5.41, 5.74) is 1.28. The number of rotatable bonds is 5. The second-order valence-corrected chi connectivity index (χ2v) is 7.02. The molecule has 1 aliphatic heterocycles. The minimum Gasteiger partial charge on any atom is -0.348 e. The molecule has 1 saturated heterocycles. The molecule has 0 spiro atoms. The SMILES string of the molecule is O=C(NCc1nnnn1-c1ccc(F)cc1)[C@H]1CC(=O)N(c2ccc(Cl)cc2)C1. The molecule has 1 aromatic heterocycles. The van der Waals surface area contributed by atoms with Crippen LogP contribution in [0.3, 0.4) is 0 Å². The highest BCUT2D eigenvalue weighted by molar-refractivity contribution is 6.30. The first kappa shape index (κ1) is 19.0. The first-order valence-electron chi connectivity index (χ1n) is 8.88. The number of hydrogen-bond donors (Lipinski definition) is 1. The van der Waals surface area contributed by atoms with E-state index in [1.165, 1.54) is 28.9 Å². The third-order valence-electron chi connectivity index (χ3n) is 4.66. The average Bonchev–Trinajstić information content (AvgIpc) is 3.34. The zero-order chi connectivity index (χ0) is 20.4. The molecular weight excluding hydrogens is 399 g/mol. The number of nitrogens with one attached hydrogen (secondary N) is 1. The minimum absolute atomic E-state index is 0.0782.